The molecule has 0 unspecified atom stereocenters. The first kappa shape index (κ1) is 10.5. The van der Waals surface area contributed by atoms with Crippen molar-refractivity contribution in [2.45, 2.75) is 52.4 Å². The fraction of sp³-hybridized carbons (Fsp3) is 0.750. The lowest BCUT2D eigenvalue weighted by Crippen LogP contribution is -2.12. The second-order valence-corrected chi connectivity index (χ2v) is 3.91. The molecule has 0 atom stereocenters. The second kappa shape index (κ2) is 5.21. The molecular formula is C12H20O. The van der Waals surface area contributed by atoms with Crippen LogP contribution in [-0.2, 0) is 4.79 Å². The largest absolute Gasteiger partial charge is 0.300 e. The maximum Gasteiger partial charge on any atom is 0.132 e. The Morgan fingerprint density at radius 3 is 2.31 bits per heavy atom. The molecule has 1 heteroatoms. The Balaban J connectivity index is 2.44. The van der Waals surface area contributed by atoms with Crippen molar-refractivity contribution in [3.05, 3.63) is 11.6 Å². The number of ketones is 1. The van der Waals surface area contributed by atoms with Crippen LogP contribution in [0.25, 0.3) is 0 Å². The maximum absolute atomic E-state index is 11.0. The van der Waals surface area contributed by atoms with Crippen molar-refractivity contribution in [3.8, 4) is 0 Å². The Kier molecular flexibility index (Phi) is 4.20. The number of rotatable bonds is 3. The Hall–Kier alpha value is -0.590. The number of carbonyl (C=O) groups excluding carboxylic acids is 1. The lowest BCUT2D eigenvalue weighted by atomic mass is 9.86. The monoisotopic (exact) mass is 180 g/mol. The summed E-state index contributed by atoms with van der Waals surface area (Å²) in [4.78, 5) is 11.0. The molecule has 1 fully saturated rings. The van der Waals surface area contributed by atoms with Crippen LogP contribution in [0.4, 0.5) is 0 Å². The minimum Gasteiger partial charge on any atom is -0.300 e. The van der Waals surface area contributed by atoms with Crippen molar-refractivity contribution in [2.24, 2.45) is 5.92 Å². The van der Waals surface area contributed by atoms with Gasteiger partial charge in [-0.2, -0.15) is 0 Å². The fourth-order valence-corrected chi connectivity index (χ4v) is 1.95. The van der Waals surface area contributed by atoms with E-state index in [9.17, 15) is 4.79 Å². The number of allylic oxidation sites excluding steroid dienone is 2. The molecule has 1 aliphatic rings. The first-order valence-electron chi connectivity index (χ1n) is 5.47. The summed E-state index contributed by atoms with van der Waals surface area (Å²) in [5.74, 6) is 1.15. The summed E-state index contributed by atoms with van der Waals surface area (Å²) in [6.07, 6.45) is 8.53. The minimum absolute atomic E-state index is 0.458. The summed E-state index contributed by atoms with van der Waals surface area (Å²) in [6.45, 7) is 4.42. The Morgan fingerprint density at radius 2 is 1.85 bits per heavy atom. The van der Waals surface area contributed by atoms with Gasteiger partial charge in [0.2, 0.25) is 0 Å². The highest BCUT2D eigenvalue weighted by Crippen LogP contribution is 2.24. The molecule has 0 aromatic heterocycles. The molecule has 0 aromatic rings. The van der Waals surface area contributed by atoms with Crippen LogP contribution in [0.2, 0.25) is 0 Å². The first-order chi connectivity index (χ1) is 6.26. The Labute approximate surface area is 81.2 Å². The van der Waals surface area contributed by atoms with Crippen LogP contribution in [0.15, 0.2) is 11.6 Å². The highest BCUT2D eigenvalue weighted by molar-refractivity contribution is 5.79. The SMILES string of the molecule is CCC(=CC1CCC(=O)CC1)CC. The fourth-order valence-electron chi connectivity index (χ4n) is 1.95. The van der Waals surface area contributed by atoms with Gasteiger partial charge in [0.15, 0.2) is 0 Å². The van der Waals surface area contributed by atoms with Crippen LogP contribution in [-0.4, -0.2) is 5.78 Å². The molecule has 0 radical (unpaired) electrons. The van der Waals surface area contributed by atoms with E-state index in [1.54, 1.807) is 5.57 Å². The third-order valence-corrected chi connectivity index (χ3v) is 2.97. The van der Waals surface area contributed by atoms with Crippen LogP contribution in [0, 0.1) is 5.92 Å². The van der Waals surface area contributed by atoms with Gasteiger partial charge < -0.3 is 0 Å². The van der Waals surface area contributed by atoms with E-state index in [-0.39, 0.29) is 0 Å². The molecular weight excluding hydrogens is 160 g/mol. The first-order valence-corrected chi connectivity index (χ1v) is 5.47. The van der Waals surface area contributed by atoms with Crippen molar-refractivity contribution < 1.29 is 4.79 Å². The molecule has 13 heavy (non-hydrogen) atoms. The van der Waals surface area contributed by atoms with Crippen LogP contribution in [0.3, 0.4) is 0 Å². The van der Waals surface area contributed by atoms with E-state index in [1.165, 1.54) is 12.8 Å². The zero-order chi connectivity index (χ0) is 9.68. The molecule has 1 nitrogen and oxygen atoms in total. The van der Waals surface area contributed by atoms with E-state index in [2.05, 4.69) is 19.9 Å². The maximum atomic E-state index is 11.0. The van der Waals surface area contributed by atoms with Crippen LogP contribution >= 0.6 is 0 Å². The van der Waals surface area contributed by atoms with Gasteiger partial charge in [0.25, 0.3) is 0 Å². The van der Waals surface area contributed by atoms with E-state index in [0.29, 0.717) is 11.7 Å². The summed E-state index contributed by atoms with van der Waals surface area (Å²) in [6, 6.07) is 0. The molecule has 0 heterocycles. The van der Waals surface area contributed by atoms with Crippen molar-refractivity contribution in [2.75, 3.05) is 0 Å². The van der Waals surface area contributed by atoms with Crippen LogP contribution in [0.5, 0.6) is 0 Å². The van der Waals surface area contributed by atoms with Crippen molar-refractivity contribution in [1.82, 2.24) is 0 Å². The van der Waals surface area contributed by atoms with Gasteiger partial charge in [-0.25, -0.2) is 0 Å². The smallest absolute Gasteiger partial charge is 0.132 e. The summed E-state index contributed by atoms with van der Waals surface area (Å²) in [7, 11) is 0. The molecule has 0 spiro atoms. The van der Waals surface area contributed by atoms with E-state index < -0.39 is 0 Å². The minimum atomic E-state index is 0.458. The van der Waals surface area contributed by atoms with Crippen molar-refractivity contribution in [1.29, 1.82) is 0 Å². The normalized spacial score (nSPS) is 18.8. The van der Waals surface area contributed by atoms with Crippen LogP contribution in [0.1, 0.15) is 52.4 Å². The van der Waals surface area contributed by atoms with Gasteiger partial charge in [-0.15, -0.1) is 0 Å². The van der Waals surface area contributed by atoms with E-state index in [1.807, 2.05) is 0 Å². The topological polar surface area (TPSA) is 17.1 Å². The predicted octanol–water partition coefficient (Wildman–Crippen LogP) is 3.49. The van der Waals surface area contributed by atoms with Crippen LogP contribution < -0.4 is 0 Å². The predicted molar refractivity (Wildman–Crippen MR) is 55.6 cm³/mol. The van der Waals surface area contributed by atoms with Gasteiger partial charge in [-0.1, -0.05) is 25.5 Å². The summed E-state index contributed by atoms with van der Waals surface area (Å²) in [5.41, 5.74) is 1.55. The molecule has 1 rings (SSSR count). The van der Waals surface area contributed by atoms with Gasteiger partial charge in [-0.05, 0) is 31.6 Å². The highest BCUT2D eigenvalue weighted by atomic mass is 16.1. The second-order valence-electron chi connectivity index (χ2n) is 3.91. The quantitative estimate of drug-likeness (QED) is 0.607. The molecule has 1 saturated carbocycles. The van der Waals surface area contributed by atoms with Crippen molar-refractivity contribution >= 4 is 5.78 Å². The van der Waals surface area contributed by atoms with Gasteiger partial charge in [0, 0.05) is 12.8 Å². The van der Waals surface area contributed by atoms with Gasteiger partial charge in [-0.3, -0.25) is 4.79 Å². The molecule has 0 amide bonds. The molecule has 0 saturated heterocycles. The molecule has 74 valence electrons. The average Bonchev–Trinajstić information content (AvgIpc) is 2.17. The standard InChI is InChI=1S/C12H20O/c1-3-10(4-2)9-11-5-7-12(13)8-6-11/h9,11H,3-8H2,1-2H3. The Bertz CT molecular complexity index is 187. The number of hydrogen-bond acceptors (Lipinski definition) is 1. The number of Topliss-reactive ketones (excluding diaryl/α,β-unsaturated/α-hetero) is 1. The zero-order valence-electron chi connectivity index (χ0n) is 8.81. The van der Waals surface area contributed by atoms with E-state index >= 15 is 0 Å². The molecule has 1 aliphatic carbocycles. The van der Waals surface area contributed by atoms with E-state index in [0.717, 1.165) is 25.7 Å². The lowest BCUT2D eigenvalue weighted by molar-refractivity contribution is -0.120. The number of carbonyl (C=O) groups is 1. The molecule has 0 aliphatic heterocycles. The average molecular weight is 180 g/mol. The molecule has 0 aromatic carbocycles. The highest BCUT2D eigenvalue weighted by Gasteiger charge is 2.16. The van der Waals surface area contributed by atoms with E-state index in [4.69, 9.17) is 0 Å². The van der Waals surface area contributed by atoms with Gasteiger partial charge in [0.05, 0.1) is 0 Å². The molecule has 0 N–H and O–H groups in total. The van der Waals surface area contributed by atoms with Crippen molar-refractivity contribution in [3.63, 3.8) is 0 Å². The summed E-state index contributed by atoms with van der Waals surface area (Å²) < 4.78 is 0. The zero-order valence-corrected chi connectivity index (χ0v) is 8.81. The number of hydrogen-bond donors (Lipinski definition) is 0. The summed E-state index contributed by atoms with van der Waals surface area (Å²) >= 11 is 0. The lowest BCUT2D eigenvalue weighted by Gasteiger charge is -2.18. The summed E-state index contributed by atoms with van der Waals surface area (Å²) in [5, 5.41) is 0. The van der Waals surface area contributed by atoms with Gasteiger partial charge in [0.1, 0.15) is 5.78 Å². The van der Waals surface area contributed by atoms with Gasteiger partial charge >= 0.3 is 0 Å². The molecule has 0 bridgehead atoms. The Morgan fingerprint density at radius 1 is 1.31 bits per heavy atom. The third kappa shape index (κ3) is 3.33. The third-order valence-electron chi connectivity index (χ3n) is 2.97.